The van der Waals surface area contributed by atoms with Gasteiger partial charge in [0.25, 0.3) is 0 Å². The topological polar surface area (TPSA) is 96.4 Å². The van der Waals surface area contributed by atoms with Crippen molar-refractivity contribution in [3.05, 3.63) is 59.9 Å². The minimum atomic E-state index is -0.992. The summed E-state index contributed by atoms with van der Waals surface area (Å²) in [6, 6.07) is 12.1. The molecular weight excluding hydrogens is 308 g/mol. The Hall–Kier alpha value is -3.35. The summed E-state index contributed by atoms with van der Waals surface area (Å²) in [7, 11) is 0. The summed E-state index contributed by atoms with van der Waals surface area (Å²) in [6.07, 6.45) is 1.50. The van der Waals surface area contributed by atoms with Crippen molar-refractivity contribution in [1.82, 2.24) is 9.38 Å². The Morgan fingerprint density at radius 1 is 1.17 bits per heavy atom. The van der Waals surface area contributed by atoms with E-state index in [0.29, 0.717) is 28.4 Å². The van der Waals surface area contributed by atoms with Crippen LogP contribution in [-0.2, 0) is 11.2 Å². The molecule has 0 saturated heterocycles. The Morgan fingerprint density at radius 3 is 2.75 bits per heavy atom. The van der Waals surface area contributed by atoms with E-state index < -0.39 is 5.97 Å². The smallest absolute Gasteiger partial charge is 0.309 e. The van der Waals surface area contributed by atoms with Gasteiger partial charge in [-0.1, -0.05) is 18.2 Å². The zero-order valence-corrected chi connectivity index (χ0v) is 12.9. The number of imidazole rings is 1. The molecule has 1 aromatic carbocycles. The summed E-state index contributed by atoms with van der Waals surface area (Å²) in [5, 5.41) is 17.3. The number of fused-ring (bicyclic) bond motifs is 1. The van der Waals surface area contributed by atoms with E-state index in [1.807, 2.05) is 6.07 Å². The number of rotatable bonds is 5. The van der Waals surface area contributed by atoms with E-state index >= 15 is 0 Å². The van der Waals surface area contributed by atoms with Crippen LogP contribution in [0, 0.1) is 0 Å². The van der Waals surface area contributed by atoms with Gasteiger partial charge in [0.05, 0.1) is 17.8 Å². The molecule has 7 nitrogen and oxygen atoms in total. The number of carboxylic acids is 1. The Kier molecular flexibility index (Phi) is 4.15. The Labute approximate surface area is 137 Å². The fourth-order valence-corrected chi connectivity index (χ4v) is 2.29. The van der Waals surface area contributed by atoms with Crippen LogP contribution >= 0.6 is 0 Å². The molecule has 0 saturated carbocycles. The van der Waals surface area contributed by atoms with Crippen LogP contribution in [0.4, 0.5) is 11.5 Å². The molecule has 0 bridgehead atoms. The second kappa shape index (κ2) is 6.41. The van der Waals surface area contributed by atoms with E-state index in [1.54, 1.807) is 47.0 Å². The molecule has 0 atom stereocenters. The molecule has 3 aromatic rings. The van der Waals surface area contributed by atoms with E-state index in [9.17, 15) is 9.59 Å². The Morgan fingerprint density at radius 2 is 2.00 bits per heavy atom. The number of nitrogens with zero attached hydrogens (tertiary/aromatic N) is 4. The highest BCUT2D eigenvalue weighted by molar-refractivity contribution is 5.94. The lowest BCUT2D eigenvalue weighted by molar-refractivity contribution is -0.136. The average molecular weight is 322 g/mol. The number of benzene rings is 1. The van der Waals surface area contributed by atoms with Crippen LogP contribution in [0.5, 0.6) is 0 Å². The number of azo groups is 1. The lowest BCUT2D eigenvalue weighted by Gasteiger charge is -1.98. The summed E-state index contributed by atoms with van der Waals surface area (Å²) in [6.45, 7) is 1.48. The zero-order chi connectivity index (χ0) is 17.1. The molecule has 3 rings (SSSR count). The van der Waals surface area contributed by atoms with Crippen molar-refractivity contribution in [3.8, 4) is 0 Å². The zero-order valence-electron chi connectivity index (χ0n) is 12.9. The number of aliphatic carboxylic acids is 1. The largest absolute Gasteiger partial charge is 0.481 e. The van der Waals surface area contributed by atoms with Gasteiger partial charge >= 0.3 is 5.97 Å². The summed E-state index contributed by atoms with van der Waals surface area (Å²) in [4.78, 5) is 26.7. The van der Waals surface area contributed by atoms with Crippen molar-refractivity contribution in [2.45, 2.75) is 13.3 Å². The average Bonchev–Trinajstić information content (AvgIpc) is 2.89. The second-order valence-electron chi connectivity index (χ2n) is 5.19. The van der Waals surface area contributed by atoms with Crippen LogP contribution in [0.25, 0.3) is 5.65 Å². The third-order valence-corrected chi connectivity index (χ3v) is 3.41. The summed E-state index contributed by atoms with van der Waals surface area (Å²) >= 11 is 0. The van der Waals surface area contributed by atoms with E-state index in [0.717, 1.165) is 0 Å². The van der Waals surface area contributed by atoms with Gasteiger partial charge < -0.3 is 5.11 Å². The minimum Gasteiger partial charge on any atom is -0.481 e. The number of carbonyl (C=O) groups excluding carboxylic acids is 1. The molecule has 0 fully saturated rings. The van der Waals surface area contributed by atoms with Crippen molar-refractivity contribution >= 4 is 28.9 Å². The number of hydrogen-bond acceptors (Lipinski definition) is 5. The number of Topliss-reactive ketones (excluding diaryl/α,β-unsaturated/α-hetero) is 1. The third kappa shape index (κ3) is 3.19. The minimum absolute atomic E-state index is 0.0616. The number of ketones is 1. The maximum absolute atomic E-state index is 11.4. The highest BCUT2D eigenvalue weighted by atomic mass is 16.4. The Bertz CT molecular complexity index is 959. The highest BCUT2D eigenvalue weighted by Crippen LogP contribution is 2.25. The fourth-order valence-electron chi connectivity index (χ4n) is 2.29. The molecule has 0 aliphatic heterocycles. The van der Waals surface area contributed by atoms with Crippen molar-refractivity contribution in [1.29, 1.82) is 0 Å². The maximum atomic E-state index is 11.4. The molecule has 0 aliphatic carbocycles. The number of carboxylic acid groups (broad SMARTS) is 1. The lowest BCUT2D eigenvalue weighted by atomic mass is 10.1. The first-order chi connectivity index (χ1) is 11.5. The molecule has 0 amide bonds. The maximum Gasteiger partial charge on any atom is 0.309 e. The van der Waals surface area contributed by atoms with Crippen molar-refractivity contribution in [2.24, 2.45) is 10.2 Å². The first-order valence-electron chi connectivity index (χ1n) is 7.25. The number of pyridine rings is 1. The molecule has 120 valence electrons. The van der Waals surface area contributed by atoms with Gasteiger partial charge in [-0.3, -0.25) is 14.0 Å². The number of aromatic nitrogens is 2. The standard InChI is InChI=1S/C17H14N4O3/c1-11(22)12-5-4-6-13(9-12)19-20-17-14(10-16(23)24)18-15-7-2-3-8-21(15)17/h2-9H,10H2,1H3,(H,23,24). The molecule has 0 radical (unpaired) electrons. The first-order valence-corrected chi connectivity index (χ1v) is 7.25. The van der Waals surface area contributed by atoms with Gasteiger partial charge in [0.15, 0.2) is 11.6 Å². The molecule has 0 aliphatic rings. The van der Waals surface area contributed by atoms with Gasteiger partial charge in [-0.25, -0.2) is 4.98 Å². The molecule has 24 heavy (non-hydrogen) atoms. The molecule has 2 heterocycles. The van der Waals surface area contributed by atoms with Crippen LogP contribution in [0.1, 0.15) is 23.0 Å². The molecule has 1 N–H and O–H groups in total. The summed E-state index contributed by atoms with van der Waals surface area (Å²) in [5.74, 6) is -0.692. The van der Waals surface area contributed by atoms with Crippen LogP contribution in [0.3, 0.4) is 0 Å². The number of carbonyl (C=O) groups is 2. The van der Waals surface area contributed by atoms with Gasteiger partial charge in [0, 0.05) is 11.8 Å². The predicted octanol–water partition coefficient (Wildman–Crippen LogP) is 3.58. The van der Waals surface area contributed by atoms with Crippen LogP contribution in [-0.4, -0.2) is 26.2 Å². The SMILES string of the molecule is CC(=O)c1cccc(N=Nc2c(CC(=O)O)nc3ccccn23)c1. The number of hydrogen-bond donors (Lipinski definition) is 1. The van der Waals surface area contributed by atoms with Crippen LogP contribution in [0.15, 0.2) is 58.9 Å². The normalized spacial score (nSPS) is 11.2. The molecular formula is C17H14N4O3. The predicted molar refractivity (Wildman–Crippen MR) is 87.2 cm³/mol. The summed E-state index contributed by atoms with van der Waals surface area (Å²) < 4.78 is 1.68. The highest BCUT2D eigenvalue weighted by Gasteiger charge is 2.14. The van der Waals surface area contributed by atoms with Gasteiger partial charge in [0.2, 0.25) is 0 Å². The monoisotopic (exact) mass is 322 g/mol. The van der Waals surface area contributed by atoms with E-state index in [4.69, 9.17) is 5.11 Å². The quantitative estimate of drug-likeness (QED) is 0.573. The molecule has 7 heteroatoms. The van der Waals surface area contributed by atoms with Gasteiger partial charge in [0.1, 0.15) is 5.65 Å². The van der Waals surface area contributed by atoms with Crippen molar-refractivity contribution in [3.63, 3.8) is 0 Å². The molecule has 0 unspecified atom stereocenters. The van der Waals surface area contributed by atoms with Gasteiger partial charge in [-0.05, 0) is 31.2 Å². The van der Waals surface area contributed by atoms with Crippen molar-refractivity contribution in [2.75, 3.05) is 0 Å². The van der Waals surface area contributed by atoms with Gasteiger partial charge in [-0.15, -0.1) is 10.2 Å². The third-order valence-electron chi connectivity index (χ3n) is 3.41. The molecule has 0 spiro atoms. The van der Waals surface area contributed by atoms with E-state index in [1.165, 1.54) is 6.92 Å². The van der Waals surface area contributed by atoms with Gasteiger partial charge in [-0.2, -0.15) is 0 Å². The van der Waals surface area contributed by atoms with E-state index in [-0.39, 0.29) is 12.2 Å². The second-order valence-corrected chi connectivity index (χ2v) is 5.19. The van der Waals surface area contributed by atoms with Crippen LogP contribution < -0.4 is 0 Å². The van der Waals surface area contributed by atoms with Crippen LogP contribution in [0.2, 0.25) is 0 Å². The fraction of sp³-hybridized carbons (Fsp3) is 0.118. The lowest BCUT2D eigenvalue weighted by Crippen LogP contribution is -2.00. The van der Waals surface area contributed by atoms with Crippen molar-refractivity contribution < 1.29 is 14.7 Å². The summed E-state index contributed by atoms with van der Waals surface area (Å²) in [5.41, 5.74) is 1.98. The molecule has 2 aromatic heterocycles. The Balaban J connectivity index is 2.03. The van der Waals surface area contributed by atoms with E-state index in [2.05, 4.69) is 15.2 Å². The first kappa shape index (κ1) is 15.5.